The molecule has 0 bridgehead atoms. The molecule has 1 aliphatic rings. The third-order valence-electron chi connectivity index (χ3n) is 5.10. The zero-order valence-electron chi connectivity index (χ0n) is 15.5. The summed E-state index contributed by atoms with van der Waals surface area (Å²) in [7, 11) is 0. The number of hydrogen-bond donors (Lipinski definition) is 1. The molecule has 0 aliphatic carbocycles. The van der Waals surface area contributed by atoms with Crippen LogP contribution in [0.25, 0.3) is 27.9 Å². The van der Waals surface area contributed by atoms with E-state index < -0.39 is 4.92 Å². The first-order valence-corrected chi connectivity index (χ1v) is 9.45. The predicted molar refractivity (Wildman–Crippen MR) is 108 cm³/mol. The van der Waals surface area contributed by atoms with Crippen molar-refractivity contribution in [2.75, 3.05) is 18.5 Å². The second-order valence-electron chi connectivity index (χ2n) is 6.93. The monoisotopic (exact) mass is 390 g/mol. The van der Waals surface area contributed by atoms with Crippen LogP contribution in [0.5, 0.6) is 0 Å². The van der Waals surface area contributed by atoms with Crippen LogP contribution in [0.1, 0.15) is 12.8 Å². The van der Waals surface area contributed by atoms with Gasteiger partial charge in [0.1, 0.15) is 0 Å². The maximum absolute atomic E-state index is 11.6. The molecular weight excluding hydrogens is 372 g/mol. The van der Waals surface area contributed by atoms with Crippen LogP contribution < -0.4 is 5.32 Å². The Hall–Kier alpha value is -3.59. The van der Waals surface area contributed by atoms with Crippen LogP contribution >= 0.6 is 0 Å². The third-order valence-corrected chi connectivity index (χ3v) is 5.10. The highest BCUT2D eigenvalue weighted by Crippen LogP contribution is 2.32. The van der Waals surface area contributed by atoms with Gasteiger partial charge in [-0.25, -0.2) is 9.38 Å². The van der Waals surface area contributed by atoms with Crippen molar-refractivity contribution in [2.45, 2.75) is 18.9 Å². The Morgan fingerprint density at radius 1 is 1.17 bits per heavy atom. The third kappa shape index (κ3) is 3.05. The van der Waals surface area contributed by atoms with Gasteiger partial charge in [0.05, 0.1) is 22.1 Å². The molecule has 29 heavy (non-hydrogen) atoms. The minimum Gasteiger partial charge on any atom is -0.376 e. The standard InChI is InChI=1S/C20H18N6O3/c27-26(28)17-10-4-2-8-15(17)19-24-23-18-14-7-1-3-9-16(14)22-20(25(18)19)21-12-13-6-5-11-29-13/h1-4,7-10,13H,5-6,11-12H2,(H,21,22). The lowest BCUT2D eigenvalue weighted by Crippen LogP contribution is -2.20. The maximum atomic E-state index is 11.6. The fourth-order valence-electron chi connectivity index (χ4n) is 3.71. The highest BCUT2D eigenvalue weighted by atomic mass is 16.6. The van der Waals surface area contributed by atoms with Gasteiger partial charge in [-0.15, -0.1) is 10.2 Å². The normalized spacial score (nSPS) is 16.5. The van der Waals surface area contributed by atoms with E-state index in [-0.39, 0.29) is 11.8 Å². The molecule has 1 unspecified atom stereocenters. The number of aromatic nitrogens is 4. The molecular formula is C20H18N6O3. The van der Waals surface area contributed by atoms with Crippen LogP contribution in [0.3, 0.4) is 0 Å². The van der Waals surface area contributed by atoms with Crippen LogP contribution in [0.15, 0.2) is 48.5 Å². The van der Waals surface area contributed by atoms with E-state index in [1.165, 1.54) is 6.07 Å². The first kappa shape index (κ1) is 17.5. The number of anilines is 1. The summed E-state index contributed by atoms with van der Waals surface area (Å²) in [5.74, 6) is 0.910. The van der Waals surface area contributed by atoms with Crippen molar-refractivity contribution < 1.29 is 9.66 Å². The van der Waals surface area contributed by atoms with Crippen LogP contribution in [0.2, 0.25) is 0 Å². The number of nitrogens with one attached hydrogen (secondary N) is 1. The molecule has 0 amide bonds. The molecule has 9 heteroatoms. The summed E-state index contributed by atoms with van der Waals surface area (Å²) in [6.45, 7) is 1.36. The zero-order chi connectivity index (χ0) is 19.8. The molecule has 1 aliphatic heterocycles. The van der Waals surface area contributed by atoms with Gasteiger partial charge in [-0.1, -0.05) is 24.3 Å². The van der Waals surface area contributed by atoms with E-state index in [0.717, 1.165) is 30.4 Å². The van der Waals surface area contributed by atoms with E-state index in [1.807, 2.05) is 24.3 Å². The maximum Gasteiger partial charge on any atom is 0.280 e. The average molecular weight is 390 g/mol. The molecule has 2 aromatic heterocycles. The fourth-order valence-corrected chi connectivity index (χ4v) is 3.71. The van der Waals surface area contributed by atoms with Gasteiger partial charge in [0, 0.05) is 24.6 Å². The van der Waals surface area contributed by atoms with E-state index in [1.54, 1.807) is 22.6 Å². The number of nitrogens with zero attached hydrogens (tertiary/aromatic N) is 5. The topological polar surface area (TPSA) is 107 Å². The second-order valence-corrected chi connectivity index (χ2v) is 6.93. The van der Waals surface area contributed by atoms with E-state index in [9.17, 15) is 10.1 Å². The molecule has 4 aromatic rings. The summed E-state index contributed by atoms with van der Waals surface area (Å²) in [5, 5.41) is 24.4. The van der Waals surface area contributed by atoms with Crippen molar-refractivity contribution in [1.29, 1.82) is 0 Å². The Morgan fingerprint density at radius 2 is 2.00 bits per heavy atom. The van der Waals surface area contributed by atoms with Gasteiger partial charge >= 0.3 is 0 Å². The number of benzene rings is 2. The Balaban J connectivity index is 1.71. The molecule has 146 valence electrons. The average Bonchev–Trinajstić information content (AvgIpc) is 3.42. The van der Waals surface area contributed by atoms with Crippen LogP contribution in [-0.4, -0.2) is 43.8 Å². The second kappa shape index (κ2) is 7.10. The molecule has 3 heterocycles. The minimum absolute atomic E-state index is 0.0277. The van der Waals surface area contributed by atoms with Gasteiger partial charge in [0.25, 0.3) is 5.69 Å². The van der Waals surface area contributed by atoms with Crippen molar-refractivity contribution in [3.8, 4) is 11.4 Å². The van der Waals surface area contributed by atoms with Gasteiger partial charge < -0.3 is 10.1 Å². The Morgan fingerprint density at radius 3 is 2.83 bits per heavy atom. The van der Waals surface area contributed by atoms with Gasteiger partial charge in [-0.2, -0.15) is 0 Å². The fraction of sp³-hybridized carbons (Fsp3) is 0.250. The lowest BCUT2D eigenvalue weighted by Gasteiger charge is -2.14. The number of fused-ring (bicyclic) bond motifs is 3. The van der Waals surface area contributed by atoms with Crippen molar-refractivity contribution in [1.82, 2.24) is 19.6 Å². The van der Waals surface area contributed by atoms with Crippen molar-refractivity contribution in [3.05, 3.63) is 58.6 Å². The lowest BCUT2D eigenvalue weighted by molar-refractivity contribution is -0.384. The number of nitro groups is 1. The molecule has 0 spiro atoms. The number of para-hydroxylation sites is 2. The highest BCUT2D eigenvalue weighted by molar-refractivity contribution is 5.93. The van der Waals surface area contributed by atoms with E-state index in [2.05, 4.69) is 15.5 Å². The summed E-state index contributed by atoms with van der Waals surface area (Å²) in [6.07, 6.45) is 2.15. The molecule has 1 atom stereocenters. The first-order chi connectivity index (χ1) is 14.2. The van der Waals surface area contributed by atoms with Crippen LogP contribution in [-0.2, 0) is 4.74 Å². The van der Waals surface area contributed by atoms with Gasteiger partial charge in [0.15, 0.2) is 11.5 Å². The summed E-state index contributed by atoms with van der Waals surface area (Å²) < 4.78 is 7.45. The van der Waals surface area contributed by atoms with Gasteiger partial charge in [-0.3, -0.25) is 10.1 Å². The van der Waals surface area contributed by atoms with E-state index in [4.69, 9.17) is 9.72 Å². The van der Waals surface area contributed by atoms with Crippen molar-refractivity contribution >= 4 is 28.2 Å². The van der Waals surface area contributed by atoms with Crippen molar-refractivity contribution in [3.63, 3.8) is 0 Å². The molecule has 1 fully saturated rings. The predicted octanol–water partition coefficient (Wildman–Crippen LogP) is 3.44. The summed E-state index contributed by atoms with van der Waals surface area (Å²) in [6, 6.07) is 14.2. The molecule has 9 nitrogen and oxygen atoms in total. The van der Waals surface area contributed by atoms with E-state index in [0.29, 0.717) is 29.5 Å². The zero-order valence-corrected chi connectivity index (χ0v) is 15.5. The minimum atomic E-state index is -0.412. The van der Waals surface area contributed by atoms with Crippen LogP contribution in [0, 0.1) is 10.1 Å². The summed E-state index contributed by atoms with van der Waals surface area (Å²) in [5.41, 5.74) is 1.73. The SMILES string of the molecule is O=[N+]([O-])c1ccccc1-c1nnc2c3ccccc3nc(NCC3CCCO3)n12. The molecule has 0 saturated carbocycles. The van der Waals surface area contributed by atoms with Gasteiger partial charge in [0.2, 0.25) is 5.95 Å². The summed E-state index contributed by atoms with van der Waals surface area (Å²) >= 11 is 0. The van der Waals surface area contributed by atoms with E-state index >= 15 is 0 Å². The number of rotatable bonds is 5. The largest absolute Gasteiger partial charge is 0.376 e. The molecule has 1 saturated heterocycles. The number of hydrogen-bond acceptors (Lipinski definition) is 7. The smallest absolute Gasteiger partial charge is 0.280 e. The molecule has 2 aromatic carbocycles. The Bertz CT molecular complexity index is 1220. The summed E-state index contributed by atoms with van der Waals surface area (Å²) in [4.78, 5) is 15.9. The first-order valence-electron chi connectivity index (χ1n) is 9.45. The molecule has 5 rings (SSSR count). The number of ether oxygens (including phenoxy) is 1. The molecule has 0 radical (unpaired) electrons. The quantitative estimate of drug-likeness (QED) is 0.411. The highest BCUT2D eigenvalue weighted by Gasteiger charge is 2.23. The Labute approximate surface area is 165 Å². The molecule has 1 N–H and O–H groups in total. The van der Waals surface area contributed by atoms with Crippen molar-refractivity contribution in [2.24, 2.45) is 0 Å². The van der Waals surface area contributed by atoms with Crippen LogP contribution in [0.4, 0.5) is 11.6 Å². The number of nitro benzene ring substituents is 1. The lowest BCUT2D eigenvalue weighted by atomic mass is 10.1. The van der Waals surface area contributed by atoms with Gasteiger partial charge in [-0.05, 0) is 31.0 Å². The Kier molecular flexibility index (Phi) is 4.28.